The van der Waals surface area contributed by atoms with Crippen molar-refractivity contribution in [2.24, 2.45) is 0 Å². The van der Waals surface area contributed by atoms with Crippen LogP contribution in [0.25, 0.3) is 0 Å². The fraction of sp³-hybridized carbons (Fsp3) is 0.500. The Morgan fingerprint density at radius 1 is 1.19 bits per heavy atom. The summed E-state index contributed by atoms with van der Waals surface area (Å²) in [6.07, 6.45) is 8.31. The van der Waals surface area contributed by atoms with Gasteiger partial charge in [0.15, 0.2) is 0 Å². The summed E-state index contributed by atoms with van der Waals surface area (Å²) in [6.45, 7) is 8.21. The highest BCUT2D eigenvalue weighted by Crippen LogP contribution is 2.27. The Morgan fingerprint density at radius 3 is 2.44 bits per heavy atom. The summed E-state index contributed by atoms with van der Waals surface area (Å²) in [7, 11) is 0. The fourth-order valence-electron chi connectivity index (χ4n) is 2.17. The first kappa shape index (κ1) is 13.0. The van der Waals surface area contributed by atoms with Gasteiger partial charge in [-0.1, -0.05) is 49.2 Å². The summed E-state index contributed by atoms with van der Waals surface area (Å²) in [4.78, 5) is 0. The molecular weight excluding hydrogens is 192 g/mol. The molecule has 0 fully saturated rings. The molecule has 0 saturated carbocycles. The molecule has 1 atom stereocenters. The first-order chi connectivity index (χ1) is 7.77. The quantitative estimate of drug-likeness (QED) is 0.432. The average molecular weight is 216 g/mol. The molecule has 0 heteroatoms. The molecule has 1 aromatic rings. The van der Waals surface area contributed by atoms with Crippen LogP contribution in [-0.4, -0.2) is 0 Å². The summed E-state index contributed by atoms with van der Waals surface area (Å²) >= 11 is 0. The van der Waals surface area contributed by atoms with Crippen molar-refractivity contribution in [3.8, 4) is 0 Å². The summed E-state index contributed by atoms with van der Waals surface area (Å²) in [6, 6.07) is 9.05. The number of benzene rings is 1. The SMILES string of the molecule is C=CCCCC(CCC)c1ccc(C)cc1. The molecule has 0 aliphatic rings. The van der Waals surface area contributed by atoms with Gasteiger partial charge in [0.1, 0.15) is 0 Å². The Bertz CT molecular complexity index is 294. The molecule has 1 unspecified atom stereocenters. The molecule has 0 aromatic heterocycles. The van der Waals surface area contributed by atoms with E-state index in [-0.39, 0.29) is 0 Å². The van der Waals surface area contributed by atoms with Crippen LogP contribution in [0.3, 0.4) is 0 Å². The second kappa shape index (κ2) is 7.27. The van der Waals surface area contributed by atoms with Gasteiger partial charge in [0.25, 0.3) is 0 Å². The number of unbranched alkanes of at least 4 members (excludes halogenated alkanes) is 1. The summed E-state index contributed by atoms with van der Waals surface area (Å²) in [5.74, 6) is 0.741. The lowest BCUT2D eigenvalue weighted by Gasteiger charge is -2.16. The minimum Gasteiger partial charge on any atom is -0.103 e. The summed E-state index contributed by atoms with van der Waals surface area (Å²) in [5.41, 5.74) is 2.86. The molecule has 1 rings (SSSR count). The molecule has 0 N–H and O–H groups in total. The normalized spacial score (nSPS) is 12.4. The van der Waals surface area contributed by atoms with E-state index in [2.05, 4.69) is 44.7 Å². The molecule has 88 valence electrons. The van der Waals surface area contributed by atoms with Crippen LogP contribution in [0.2, 0.25) is 0 Å². The molecule has 16 heavy (non-hydrogen) atoms. The fourth-order valence-corrected chi connectivity index (χ4v) is 2.17. The number of rotatable bonds is 7. The number of hydrogen-bond acceptors (Lipinski definition) is 0. The van der Waals surface area contributed by atoms with E-state index >= 15 is 0 Å². The van der Waals surface area contributed by atoms with Gasteiger partial charge in [0.2, 0.25) is 0 Å². The maximum absolute atomic E-state index is 3.79. The van der Waals surface area contributed by atoms with Crippen LogP contribution < -0.4 is 0 Å². The van der Waals surface area contributed by atoms with Gasteiger partial charge in [-0.15, -0.1) is 6.58 Å². The van der Waals surface area contributed by atoms with Crippen LogP contribution >= 0.6 is 0 Å². The monoisotopic (exact) mass is 216 g/mol. The van der Waals surface area contributed by atoms with Crippen molar-refractivity contribution in [2.75, 3.05) is 0 Å². The molecule has 0 aliphatic carbocycles. The van der Waals surface area contributed by atoms with Gasteiger partial charge in [-0.05, 0) is 44.1 Å². The highest BCUT2D eigenvalue weighted by molar-refractivity contribution is 5.24. The first-order valence-corrected chi connectivity index (χ1v) is 6.45. The van der Waals surface area contributed by atoms with Gasteiger partial charge in [-0.3, -0.25) is 0 Å². The Labute approximate surface area is 100 Å². The van der Waals surface area contributed by atoms with Crippen LogP contribution in [0.5, 0.6) is 0 Å². The maximum Gasteiger partial charge on any atom is -0.0162 e. The van der Waals surface area contributed by atoms with E-state index in [9.17, 15) is 0 Å². The second-order valence-corrected chi connectivity index (χ2v) is 4.62. The van der Waals surface area contributed by atoms with Crippen molar-refractivity contribution < 1.29 is 0 Å². The van der Waals surface area contributed by atoms with Crippen LogP contribution in [0.15, 0.2) is 36.9 Å². The van der Waals surface area contributed by atoms with Gasteiger partial charge >= 0.3 is 0 Å². The third kappa shape index (κ3) is 4.22. The highest BCUT2D eigenvalue weighted by Gasteiger charge is 2.09. The average Bonchev–Trinajstić information content (AvgIpc) is 2.29. The van der Waals surface area contributed by atoms with Crippen molar-refractivity contribution >= 4 is 0 Å². The lowest BCUT2D eigenvalue weighted by atomic mass is 9.89. The lowest BCUT2D eigenvalue weighted by Crippen LogP contribution is -1.98. The van der Waals surface area contributed by atoms with Gasteiger partial charge in [-0.25, -0.2) is 0 Å². The predicted octanol–water partition coefficient (Wildman–Crippen LogP) is 5.24. The molecule has 0 amide bonds. The Balaban J connectivity index is 2.60. The molecule has 0 bridgehead atoms. The van der Waals surface area contributed by atoms with Crippen molar-refractivity contribution in [1.29, 1.82) is 0 Å². The minimum absolute atomic E-state index is 0.741. The number of hydrogen-bond donors (Lipinski definition) is 0. The van der Waals surface area contributed by atoms with E-state index in [1.54, 1.807) is 0 Å². The second-order valence-electron chi connectivity index (χ2n) is 4.62. The zero-order chi connectivity index (χ0) is 11.8. The van der Waals surface area contributed by atoms with E-state index in [1.165, 1.54) is 36.8 Å². The molecule has 0 heterocycles. The molecule has 0 aliphatic heterocycles. The third-order valence-corrected chi connectivity index (χ3v) is 3.15. The summed E-state index contributed by atoms with van der Waals surface area (Å²) < 4.78 is 0. The van der Waals surface area contributed by atoms with Crippen molar-refractivity contribution in [3.05, 3.63) is 48.0 Å². The van der Waals surface area contributed by atoms with Crippen molar-refractivity contribution in [2.45, 2.75) is 51.9 Å². The Morgan fingerprint density at radius 2 is 1.88 bits per heavy atom. The maximum atomic E-state index is 3.79. The first-order valence-electron chi connectivity index (χ1n) is 6.45. The molecule has 0 saturated heterocycles. The van der Waals surface area contributed by atoms with Gasteiger partial charge in [-0.2, -0.15) is 0 Å². The molecular formula is C16H24. The minimum atomic E-state index is 0.741. The number of aryl methyl sites for hydroxylation is 1. The van der Waals surface area contributed by atoms with Gasteiger partial charge in [0.05, 0.1) is 0 Å². The van der Waals surface area contributed by atoms with Gasteiger partial charge in [0, 0.05) is 0 Å². The van der Waals surface area contributed by atoms with E-state index in [4.69, 9.17) is 0 Å². The predicted molar refractivity (Wildman–Crippen MR) is 72.9 cm³/mol. The third-order valence-electron chi connectivity index (χ3n) is 3.15. The van der Waals surface area contributed by atoms with Crippen molar-refractivity contribution in [3.63, 3.8) is 0 Å². The van der Waals surface area contributed by atoms with Crippen LogP contribution in [-0.2, 0) is 0 Å². The van der Waals surface area contributed by atoms with Crippen LogP contribution in [0, 0.1) is 6.92 Å². The molecule has 0 nitrogen and oxygen atoms in total. The molecule has 0 spiro atoms. The van der Waals surface area contributed by atoms with Crippen LogP contribution in [0.4, 0.5) is 0 Å². The molecule has 1 aromatic carbocycles. The Hall–Kier alpha value is -1.04. The smallest absolute Gasteiger partial charge is 0.0162 e. The van der Waals surface area contributed by atoms with E-state index < -0.39 is 0 Å². The standard InChI is InChI=1S/C16H24/c1-4-6-7-9-15(8-5-2)16-12-10-14(3)11-13-16/h4,10-13,15H,1,5-9H2,2-3H3. The van der Waals surface area contributed by atoms with Gasteiger partial charge < -0.3 is 0 Å². The Kier molecular flexibility index (Phi) is 5.92. The summed E-state index contributed by atoms with van der Waals surface area (Å²) in [5, 5.41) is 0. The van der Waals surface area contributed by atoms with E-state index in [0.717, 1.165) is 12.3 Å². The topological polar surface area (TPSA) is 0 Å². The molecule has 0 radical (unpaired) electrons. The van der Waals surface area contributed by atoms with Crippen LogP contribution in [0.1, 0.15) is 56.1 Å². The van der Waals surface area contributed by atoms with E-state index in [1.807, 2.05) is 6.08 Å². The zero-order valence-electron chi connectivity index (χ0n) is 10.7. The highest BCUT2D eigenvalue weighted by atomic mass is 14.1. The zero-order valence-corrected chi connectivity index (χ0v) is 10.7. The van der Waals surface area contributed by atoms with E-state index in [0.29, 0.717) is 0 Å². The number of allylic oxidation sites excluding steroid dienone is 1. The lowest BCUT2D eigenvalue weighted by molar-refractivity contribution is 0.549. The van der Waals surface area contributed by atoms with Crippen molar-refractivity contribution in [1.82, 2.24) is 0 Å². The largest absolute Gasteiger partial charge is 0.103 e.